The van der Waals surface area contributed by atoms with E-state index in [1.807, 2.05) is 35.4 Å². The van der Waals surface area contributed by atoms with E-state index < -0.39 is 0 Å². The molecule has 2 heterocycles. The Bertz CT molecular complexity index is 353. The van der Waals surface area contributed by atoms with Crippen LogP contribution in [0.3, 0.4) is 0 Å². The molecule has 1 aromatic rings. The minimum atomic E-state index is -0.109. The van der Waals surface area contributed by atoms with Gasteiger partial charge in [-0.2, -0.15) is 0 Å². The van der Waals surface area contributed by atoms with Crippen molar-refractivity contribution in [3.8, 4) is 0 Å². The number of thiophene rings is 1. The standard InChI is InChI=1S/C11H11NOS/c13-9-10-4-1-2-6-12(10)8-11-5-3-7-14-11/h1-7,9-10H,8H2. The molecule has 0 saturated carbocycles. The maximum Gasteiger partial charge on any atom is 0.146 e. The van der Waals surface area contributed by atoms with Gasteiger partial charge in [0.05, 0.1) is 6.54 Å². The molecule has 1 aromatic heterocycles. The number of hydrogen-bond acceptors (Lipinski definition) is 3. The van der Waals surface area contributed by atoms with Crippen LogP contribution in [0.15, 0.2) is 41.9 Å². The van der Waals surface area contributed by atoms with Crippen LogP contribution in [-0.4, -0.2) is 17.2 Å². The zero-order valence-corrected chi connectivity index (χ0v) is 8.48. The second-order valence-electron chi connectivity index (χ2n) is 3.10. The highest BCUT2D eigenvalue weighted by Gasteiger charge is 2.13. The Labute approximate surface area is 87.2 Å². The van der Waals surface area contributed by atoms with Crippen molar-refractivity contribution in [2.24, 2.45) is 0 Å². The average Bonchev–Trinajstić information content (AvgIpc) is 2.71. The molecular weight excluding hydrogens is 194 g/mol. The molecule has 72 valence electrons. The first-order chi connectivity index (χ1) is 6.90. The van der Waals surface area contributed by atoms with Crippen molar-refractivity contribution < 1.29 is 4.79 Å². The number of allylic oxidation sites excluding steroid dienone is 2. The number of nitrogens with zero attached hydrogens (tertiary/aromatic N) is 1. The second kappa shape index (κ2) is 4.24. The summed E-state index contributed by atoms with van der Waals surface area (Å²) in [5.74, 6) is 0. The van der Waals surface area contributed by atoms with Crippen LogP contribution in [0.25, 0.3) is 0 Å². The zero-order chi connectivity index (χ0) is 9.80. The number of hydrogen-bond donors (Lipinski definition) is 0. The predicted molar refractivity (Wildman–Crippen MR) is 58.0 cm³/mol. The molecule has 14 heavy (non-hydrogen) atoms. The normalized spacial score (nSPS) is 20.0. The fourth-order valence-corrected chi connectivity index (χ4v) is 2.12. The smallest absolute Gasteiger partial charge is 0.146 e. The molecule has 1 unspecified atom stereocenters. The summed E-state index contributed by atoms with van der Waals surface area (Å²) in [6.07, 6.45) is 8.69. The van der Waals surface area contributed by atoms with E-state index in [4.69, 9.17) is 0 Å². The predicted octanol–water partition coefficient (Wildman–Crippen LogP) is 2.20. The molecule has 0 aromatic carbocycles. The van der Waals surface area contributed by atoms with Gasteiger partial charge in [0.15, 0.2) is 0 Å². The molecule has 0 fully saturated rings. The van der Waals surface area contributed by atoms with Gasteiger partial charge in [-0.25, -0.2) is 0 Å². The van der Waals surface area contributed by atoms with Crippen LogP contribution in [0, 0.1) is 0 Å². The lowest BCUT2D eigenvalue weighted by Crippen LogP contribution is -2.30. The Hall–Kier alpha value is -1.35. The van der Waals surface area contributed by atoms with Gasteiger partial charge in [-0.15, -0.1) is 11.3 Å². The van der Waals surface area contributed by atoms with Gasteiger partial charge in [-0.3, -0.25) is 0 Å². The van der Waals surface area contributed by atoms with Crippen molar-refractivity contribution in [2.45, 2.75) is 12.6 Å². The van der Waals surface area contributed by atoms with E-state index in [0.717, 1.165) is 12.8 Å². The molecule has 1 atom stereocenters. The number of carbonyl (C=O) groups is 1. The molecular formula is C11H11NOS. The summed E-state index contributed by atoms with van der Waals surface area (Å²) in [6.45, 7) is 0.807. The quantitative estimate of drug-likeness (QED) is 0.705. The summed E-state index contributed by atoms with van der Waals surface area (Å²) in [6, 6.07) is 4.00. The highest BCUT2D eigenvalue weighted by atomic mass is 32.1. The maximum atomic E-state index is 10.8. The van der Waals surface area contributed by atoms with Gasteiger partial charge in [-0.05, 0) is 17.5 Å². The molecule has 1 aliphatic rings. The van der Waals surface area contributed by atoms with Gasteiger partial charge < -0.3 is 9.69 Å². The molecule has 2 rings (SSSR count). The average molecular weight is 205 g/mol. The fraction of sp³-hybridized carbons (Fsp3) is 0.182. The third-order valence-electron chi connectivity index (χ3n) is 2.14. The third-order valence-corrected chi connectivity index (χ3v) is 3.00. The van der Waals surface area contributed by atoms with E-state index >= 15 is 0 Å². The molecule has 0 aliphatic carbocycles. The van der Waals surface area contributed by atoms with Crippen molar-refractivity contribution >= 4 is 17.6 Å². The Morgan fingerprint density at radius 2 is 2.43 bits per heavy atom. The summed E-state index contributed by atoms with van der Waals surface area (Å²) in [4.78, 5) is 14.1. The Balaban J connectivity index is 2.07. The van der Waals surface area contributed by atoms with E-state index in [9.17, 15) is 4.79 Å². The van der Waals surface area contributed by atoms with Crippen LogP contribution in [0.4, 0.5) is 0 Å². The SMILES string of the molecule is O=CC1C=CC=CN1Cc1cccs1. The van der Waals surface area contributed by atoms with Gasteiger partial charge in [0.25, 0.3) is 0 Å². The summed E-state index contributed by atoms with van der Waals surface area (Å²) in [5, 5.41) is 2.05. The first-order valence-corrected chi connectivity index (χ1v) is 5.36. The number of aldehydes is 1. The first-order valence-electron chi connectivity index (χ1n) is 4.48. The number of carbonyl (C=O) groups excluding carboxylic acids is 1. The summed E-state index contributed by atoms with van der Waals surface area (Å²) in [5.41, 5.74) is 0. The molecule has 0 bridgehead atoms. The van der Waals surface area contributed by atoms with Crippen molar-refractivity contribution in [1.29, 1.82) is 0 Å². The summed E-state index contributed by atoms with van der Waals surface area (Å²) < 4.78 is 0. The topological polar surface area (TPSA) is 20.3 Å². The lowest BCUT2D eigenvalue weighted by molar-refractivity contribution is -0.110. The van der Waals surface area contributed by atoms with E-state index in [2.05, 4.69) is 11.4 Å². The van der Waals surface area contributed by atoms with Gasteiger partial charge in [0.2, 0.25) is 0 Å². The Morgan fingerprint density at radius 3 is 3.14 bits per heavy atom. The minimum absolute atomic E-state index is 0.109. The van der Waals surface area contributed by atoms with Crippen LogP contribution < -0.4 is 0 Å². The van der Waals surface area contributed by atoms with E-state index in [-0.39, 0.29) is 6.04 Å². The molecule has 0 N–H and O–H groups in total. The molecule has 0 spiro atoms. The second-order valence-corrected chi connectivity index (χ2v) is 4.14. The Morgan fingerprint density at radius 1 is 1.50 bits per heavy atom. The van der Waals surface area contributed by atoms with Gasteiger partial charge in [0, 0.05) is 11.1 Å². The largest absolute Gasteiger partial charge is 0.359 e. The van der Waals surface area contributed by atoms with Crippen molar-refractivity contribution in [2.75, 3.05) is 0 Å². The van der Waals surface area contributed by atoms with Gasteiger partial charge >= 0.3 is 0 Å². The minimum Gasteiger partial charge on any atom is -0.359 e. The summed E-state index contributed by atoms with van der Waals surface area (Å²) in [7, 11) is 0. The van der Waals surface area contributed by atoms with Crippen LogP contribution >= 0.6 is 11.3 Å². The van der Waals surface area contributed by atoms with Crippen molar-refractivity contribution in [3.05, 3.63) is 46.8 Å². The molecule has 0 saturated heterocycles. The molecule has 3 heteroatoms. The van der Waals surface area contributed by atoms with Gasteiger partial charge in [-0.1, -0.05) is 18.2 Å². The van der Waals surface area contributed by atoms with Crippen molar-refractivity contribution in [1.82, 2.24) is 4.90 Å². The highest BCUT2D eigenvalue weighted by molar-refractivity contribution is 7.09. The third kappa shape index (κ3) is 1.93. The maximum absolute atomic E-state index is 10.8. The molecule has 1 aliphatic heterocycles. The first kappa shape index (κ1) is 9.21. The molecule has 0 amide bonds. The molecule has 0 radical (unpaired) electrons. The van der Waals surface area contributed by atoms with Gasteiger partial charge in [0.1, 0.15) is 12.3 Å². The van der Waals surface area contributed by atoms with E-state index in [1.54, 1.807) is 11.3 Å². The van der Waals surface area contributed by atoms with E-state index in [1.165, 1.54) is 4.88 Å². The lowest BCUT2D eigenvalue weighted by atomic mass is 10.2. The van der Waals surface area contributed by atoms with Crippen molar-refractivity contribution in [3.63, 3.8) is 0 Å². The van der Waals surface area contributed by atoms with Crippen LogP contribution in [-0.2, 0) is 11.3 Å². The van der Waals surface area contributed by atoms with Crippen LogP contribution in [0.5, 0.6) is 0 Å². The van der Waals surface area contributed by atoms with E-state index in [0.29, 0.717) is 0 Å². The van der Waals surface area contributed by atoms with Crippen LogP contribution in [0.2, 0.25) is 0 Å². The molecule has 2 nitrogen and oxygen atoms in total. The highest BCUT2D eigenvalue weighted by Crippen LogP contribution is 2.15. The monoisotopic (exact) mass is 205 g/mol. The number of rotatable bonds is 3. The van der Waals surface area contributed by atoms with Crippen LogP contribution in [0.1, 0.15) is 4.88 Å². The lowest BCUT2D eigenvalue weighted by Gasteiger charge is -2.25. The fourth-order valence-electron chi connectivity index (χ4n) is 1.41. The summed E-state index contributed by atoms with van der Waals surface area (Å²) >= 11 is 1.71. The Kier molecular flexibility index (Phi) is 2.79. The zero-order valence-electron chi connectivity index (χ0n) is 7.67.